The molecular formula is C15H16O5. The molecule has 20 heavy (non-hydrogen) atoms. The molecule has 0 fully saturated rings. The minimum atomic E-state index is -1.02. The minimum absolute atomic E-state index is 0.194. The van der Waals surface area contributed by atoms with Crippen LogP contribution >= 0.6 is 0 Å². The number of aliphatic hydroxyl groups excluding tert-OH is 1. The van der Waals surface area contributed by atoms with Crippen molar-refractivity contribution in [2.75, 3.05) is 13.2 Å². The molecule has 0 radical (unpaired) electrons. The zero-order chi connectivity index (χ0) is 14.4. The van der Waals surface area contributed by atoms with Gasteiger partial charge in [0.1, 0.15) is 19.3 Å². The number of rotatable bonds is 6. The van der Waals surface area contributed by atoms with E-state index in [-0.39, 0.29) is 13.2 Å². The van der Waals surface area contributed by atoms with E-state index in [1.165, 1.54) is 0 Å². The molecule has 106 valence electrons. The second-order valence-corrected chi connectivity index (χ2v) is 4.51. The van der Waals surface area contributed by atoms with Gasteiger partial charge in [0.05, 0.1) is 11.8 Å². The molecule has 2 aliphatic carbocycles. The summed E-state index contributed by atoms with van der Waals surface area (Å²) in [6, 6.07) is 0. The average molecular weight is 276 g/mol. The first kappa shape index (κ1) is 14.3. The minimum Gasteiger partial charge on any atom is -0.462 e. The summed E-state index contributed by atoms with van der Waals surface area (Å²) in [6.45, 7) is -0.388. The van der Waals surface area contributed by atoms with Crippen molar-refractivity contribution in [2.24, 2.45) is 11.8 Å². The van der Waals surface area contributed by atoms with E-state index in [1.807, 2.05) is 0 Å². The maximum atomic E-state index is 11.5. The Balaban J connectivity index is 1.63. The summed E-state index contributed by atoms with van der Waals surface area (Å²) in [7, 11) is 0. The maximum absolute atomic E-state index is 11.5. The molecule has 0 saturated carbocycles. The van der Waals surface area contributed by atoms with Crippen LogP contribution in [0, 0.1) is 11.8 Å². The van der Waals surface area contributed by atoms with Crippen molar-refractivity contribution in [3.05, 3.63) is 48.6 Å². The Morgan fingerprint density at radius 3 is 1.55 bits per heavy atom. The molecule has 0 amide bonds. The fourth-order valence-electron chi connectivity index (χ4n) is 1.78. The standard InChI is InChI=1S/C15H16O5/c16-13(9-19-14(17)11-5-1-2-6-11)10-20-15(18)12-7-3-4-8-12/h1-8,11-13,16H,9-10H2. The van der Waals surface area contributed by atoms with E-state index in [0.717, 1.165) is 0 Å². The second kappa shape index (κ2) is 6.86. The van der Waals surface area contributed by atoms with E-state index < -0.39 is 29.9 Å². The molecule has 2 aliphatic rings. The molecule has 0 saturated heterocycles. The zero-order valence-corrected chi connectivity index (χ0v) is 10.8. The van der Waals surface area contributed by atoms with Gasteiger partial charge in [0.2, 0.25) is 0 Å². The summed E-state index contributed by atoms with van der Waals surface area (Å²) >= 11 is 0. The molecular weight excluding hydrogens is 260 g/mol. The number of aliphatic hydroxyl groups is 1. The third kappa shape index (κ3) is 3.93. The average Bonchev–Trinajstić information content (AvgIpc) is 3.14. The second-order valence-electron chi connectivity index (χ2n) is 4.51. The van der Waals surface area contributed by atoms with Gasteiger partial charge in [0.15, 0.2) is 0 Å². The molecule has 0 aromatic rings. The third-order valence-electron chi connectivity index (χ3n) is 2.88. The van der Waals surface area contributed by atoms with Gasteiger partial charge in [0, 0.05) is 0 Å². The van der Waals surface area contributed by atoms with Gasteiger partial charge in [-0.05, 0) is 0 Å². The molecule has 0 aliphatic heterocycles. The molecule has 2 rings (SSSR count). The number of allylic oxidation sites excluding steroid dienone is 4. The number of hydrogen-bond acceptors (Lipinski definition) is 5. The number of carbonyl (C=O) groups excluding carboxylic acids is 2. The van der Waals surface area contributed by atoms with Crippen LogP contribution in [0.3, 0.4) is 0 Å². The lowest BCUT2D eigenvalue weighted by Gasteiger charge is -2.14. The van der Waals surface area contributed by atoms with Crippen molar-refractivity contribution in [1.82, 2.24) is 0 Å². The number of ether oxygens (including phenoxy) is 2. The number of esters is 2. The highest BCUT2D eigenvalue weighted by atomic mass is 16.6. The first-order valence-corrected chi connectivity index (χ1v) is 6.38. The molecule has 5 heteroatoms. The molecule has 0 aromatic carbocycles. The van der Waals surface area contributed by atoms with Crippen LogP contribution in [0.25, 0.3) is 0 Å². The summed E-state index contributed by atoms with van der Waals surface area (Å²) in [5.74, 6) is -1.64. The topological polar surface area (TPSA) is 72.8 Å². The van der Waals surface area contributed by atoms with E-state index in [2.05, 4.69) is 0 Å². The molecule has 5 nitrogen and oxygen atoms in total. The third-order valence-corrected chi connectivity index (χ3v) is 2.88. The van der Waals surface area contributed by atoms with Gasteiger partial charge in [-0.2, -0.15) is 0 Å². The van der Waals surface area contributed by atoms with Crippen LogP contribution in [0.2, 0.25) is 0 Å². The summed E-state index contributed by atoms with van der Waals surface area (Å²) < 4.78 is 9.87. The van der Waals surface area contributed by atoms with Crippen LogP contribution in [0.1, 0.15) is 0 Å². The van der Waals surface area contributed by atoms with Crippen LogP contribution in [0.4, 0.5) is 0 Å². The van der Waals surface area contributed by atoms with E-state index in [4.69, 9.17) is 9.47 Å². The molecule has 1 N–H and O–H groups in total. The van der Waals surface area contributed by atoms with Crippen molar-refractivity contribution in [2.45, 2.75) is 6.10 Å². The summed E-state index contributed by atoms with van der Waals surface area (Å²) in [6.07, 6.45) is 12.8. The molecule has 0 unspecified atom stereocenters. The number of carbonyl (C=O) groups is 2. The summed E-state index contributed by atoms with van der Waals surface area (Å²) in [5.41, 5.74) is 0. The van der Waals surface area contributed by atoms with Crippen LogP contribution in [-0.4, -0.2) is 36.4 Å². The van der Waals surface area contributed by atoms with E-state index in [9.17, 15) is 14.7 Å². The lowest BCUT2D eigenvalue weighted by Crippen LogP contribution is -2.28. The maximum Gasteiger partial charge on any atom is 0.316 e. The van der Waals surface area contributed by atoms with Crippen molar-refractivity contribution < 1.29 is 24.2 Å². The quantitative estimate of drug-likeness (QED) is 0.730. The van der Waals surface area contributed by atoms with Gasteiger partial charge < -0.3 is 14.6 Å². The predicted molar refractivity (Wildman–Crippen MR) is 71.5 cm³/mol. The lowest BCUT2D eigenvalue weighted by atomic mass is 10.2. The van der Waals surface area contributed by atoms with E-state index >= 15 is 0 Å². The van der Waals surface area contributed by atoms with Gasteiger partial charge in [-0.1, -0.05) is 48.6 Å². The van der Waals surface area contributed by atoms with Gasteiger partial charge in [-0.3, -0.25) is 9.59 Å². The monoisotopic (exact) mass is 276 g/mol. The Morgan fingerprint density at radius 2 is 1.20 bits per heavy atom. The van der Waals surface area contributed by atoms with E-state index in [0.29, 0.717) is 0 Å². The Morgan fingerprint density at radius 1 is 0.850 bits per heavy atom. The van der Waals surface area contributed by atoms with Crippen LogP contribution < -0.4 is 0 Å². The molecule has 0 atom stereocenters. The highest BCUT2D eigenvalue weighted by Gasteiger charge is 2.20. The molecule has 0 aromatic heterocycles. The first-order valence-electron chi connectivity index (χ1n) is 6.38. The number of hydrogen-bond donors (Lipinski definition) is 1. The van der Waals surface area contributed by atoms with Crippen molar-refractivity contribution >= 4 is 11.9 Å². The van der Waals surface area contributed by atoms with Gasteiger partial charge >= 0.3 is 11.9 Å². The SMILES string of the molecule is O=C(OCC(O)COC(=O)C1C=CC=C1)C1C=CC=C1. The van der Waals surface area contributed by atoms with Gasteiger partial charge in [-0.25, -0.2) is 0 Å². The van der Waals surface area contributed by atoms with Crippen molar-refractivity contribution in [3.63, 3.8) is 0 Å². The van der Waals surface area contributed by atoms with Crippen molar-refractivity contribution in [3.8, 4) is 0 Å². The largest absolute Gasteiger partial charge is 0.462 e. The predicted octanol–water partition coefficient (Wildman–Crippen LogP) is 0.918. The van der Waals surface area contributed by atoms with Gasteiger partial charge in [-0.15, -0.1) is 0 Å². The molecule has 0 spiro atoms. The smallest absolute Gasteiger partial charge is 0.316 e. The Hall–Kier alpha value is -2.14. The van der Waals surface area contributed by atoms with Crippen LogP contribution in [0.15, 0.2) is 48.6 Å². The fraction of sp³-hybridized carbons (Fsp3) is 0.333. The van der Waals surface area contributed by atoms with Crippen molar-refractivity contribution in [1.29, 1.82) is 0 Å². The van der Waals surface area contributed by atoms with Gasteiger partial charge in [0.25, 0.3) is 0 Å². The first-order chi connectivity index (χ1) is 9.66. The Labute approximate surface area is 116 Å². The lowest BCUT2D eigenvalue weighted by molar-refractivity contribution is -0.154. The molecule has 0 heterocycles. The van der Waals surface area contributed by atoms with Crippen LogP contribution in [-0.2, 0) is 19.1 Å². The highest BCUT2D eigenvalue weighted by molar-refractivity contribution is 5.78. The highest BCUT2D eigenvalue weighted by Crippen LogP contribution is 2.12. The van der Waals surface area contributed by atoms with Crippen LogP contribution in [0.5, 0.6) is 0 Å². The summed E-state index contributed by atoms with van der Waals surface area (Å²) in [4.78, 5) is 23.1. The van der Waals surface area contributed by atoms with E-state index in [1.54, 1.807) is 48.6 Å². The Bertz CT molecular complexity index is 418. The Kier molecular flexibility index (Phi) is 4.90. The summed E-state index contributed by atoms with van der Waals surface area (Å²) in [5, 5.41) is 9.61. The zero-order valence-electron chi connectivity index (χ0n) is 10.8. The normalized spacial score (nSPS) is 17.3. The molecule has 0 bridgehead atoms. The fourth-order valence-corrected chi connectivity index (χ4v) is 1.78.